The van der Waals surface area contributed by atoms with Crippen molar-refractivity contribution in [3.05, 3.63) is 63.6 Å². The smallest absolute Gasteiger partial charge is 0.244 e. The van der Waals surface area contributed by atoms with Crippen LogP contribution in [0.1, 0.15) is 51.2 Å². The Labute approximate surface area is 224 Å². The van der Waals surface area contributed by atoms with Gasteiger partial charge < -0.3 is 10.2 Å². The van der Waals surface area contributed by atoms with Crippen LogP contribution in [0.2, 0.25) is 10.0 Å². The van der Waals surface area contributed by atoms with E-state index in [0.717, 1.165) is 29.0 Å². The largest absolute Gasteiger partial charge is 0.354 e. The second kappa shape index (κ2) is 13.9. The molecule has 2 rings (SSSR count). The van der Waals surface area contributed by atoms with Gasteiger partial charge in [-0.15, -0.1) is 0 Å². The number of amides is 2. The van der Waals surface area contributed by atoms with E-state index >= 15 is 0 Å². The Morgan fingerprint density at radius 3 is 2.19 bits per heavy atom. The van der Waals surface area contributed by atoms with Gasteiger partial charge >= 0.3 is 0 Å². The predicted molar refractivity (Wildman–Crippen MR) is 147 cm³/mol. The van der Waals surface area contributed by atoms with Gasteiger partial charge in [-0.05, 0) is 43.0 Å². The highest BCUT2D eigenvalue weighted by Crippen LogP contribution is 2.28. The van der Waals surface area contributed by atoms with Gasteiger partial charge in [0.15, 0.2) is 0 Å². The number of hydrogen-bond donors (Lipinski definition) is 1. The topological polar surface area (TPSA) is 86.8 Å². The van der Waals surface area contributed by atoms with E-state index in [-0.39, 0.29) is 12.5 Å². The van der Waals surface area contributed by atoms with Gasteiger partial charge in [0, 0.05) is 28.7 Å². The molecule has 198 valence electrons. The fourth-order valence-electron chi connectivity index (χ4n) is 3.93. The van der Waals surface area contributed by atoms with E-state index in [2.05, 4.69) is 5.32 Å². The van der Waals surface area contributed by atoms with Crippen LogP contribution in [0.3, 0.4) is 0 Å². The third-order valence-corrected chi connectivity index (χ3v) is 7.76. The number of sulfonamides is 1. The molecule has 10 heteroatoms. The zero-order chi connectivity index (χ0) is 26.9. The minimum Gasteiger partial charge on any atom is -0.354 e. The lowest BCUT2D eigenvalue weighted by molar-refractivity contribution is -0.140. The SMILES string of the molecule is CCCCNC(=O)C(CC)N(Cc1c(Cl)cccc1Cl)C(=O)CN(c1ccccc1CC)S(C)(=O)=O. The minimum atomic E-state index is -3.81. The molecular weight excluding hydrogens is 521 g/mol. The first-order valence-corrected chi connectivity index (χ1v) is 14.7. The Balaban J connectivity index is 2.50. The number of carbonyl (C=O) groups excluding carboxylic acids is 2. The number of halogens is 2. The number of nitrogens with zero attached hydrogens (tertiary/aromatic N) is 2. The number of para-hydroxylation sites is 1. The molecular formula is C26H35Cl2N3O4S. The molecule has 0 saturated carbocycles. The lowest BCUT2D eigenvalue weighted by Gasteiger charge is -2.33. The Morgan fingerprint density at radius 2 is 1.64 bits per heavy atom. The zero-order valence-electron chi connectivity index (χ0n) is 21.3. The zero-order valence-corrected chi connectivity index (χ0v) is 23.6. The van der Waals surface area contributed by atoms with Gasteiger partial charge in [0.2, 0.25) is 21.8 Å². The second-order valence-corrected chi connectivity index (χ2v) is 11.3. The standard InChI is InChI=1S/C26H35Cl2N3O4S/c1-5-8-16-29-26(33)23(7-3)30(17-20-21(27)13-11-14-22(20)28)25(32)18-31(36(4,34)35)24-15-10-9-12-19(24)6-2/h9-15,23H,5-8,16-18H2,1-4H3,(H,29,33). The van der Waals surface area contributed by atoms with E-state index in [1.54, 1.807) is 37.3 Å². The van der Waals surface area contributed by atoms with Gasteiger partial charge in [-0.25, -0.2) is 8.42 Å². The molecule has 0 aromatic heterocycles. The molecule has 0 radical (unpaired) electrons. The summed E-state index contributed by atoms with van der Waals surface area (Å²) in [4.78, 5) is 28.3. The summed E-state index contributed by atoms with van der Waals surface area (Å²) in [6.45, 7) is 5.73. The fourth-order valence-corrected chi connectivity index (χ4v) is 5.32. The maximum absolute atomic E-state index is 13.8. The second-order valence-electron chi connectivity index (χ2n) is 8.54. The highest BCUT2D eigenvalue weighted by molar-refractivity contribution is 7.92. The Kier molecular flexibility index (Phi) is 11.5. The van der Waals surface area contributed by atoms with Crippen molar-refractivity contribution >= 4 is 50.7 Å². The first kappa shape index (κ1) is 29.9. The van der Waals surface area contributed by atoms with Crippen molar-refractivity contribution < 1.29 is 18.0 Å². The predicted octanol–water partition coefficient (Wildman–Crippen LogP) is 5.05. The van der Waals surface area contributed by atoms with Crippen LogP contribution in [-0.2, 0) is 32.6 Å². The van der Waals surface area contributed by atoms with E-state index in [4.69, 9.17) is 23.2 Å². The molecule has 2 aromatic rings. The summed E-state index contributed by atoms with van der Waals surface area (Å²) in [6, 6.07) is 11.2. The molecule has 0 fully saturated rings. The molecule has 1 atom stereocenters. The van der Waals surface area contributed by atoms with Gasteiger partial charge in [0.1, 0.15) is 12.6 Å². The van der Waals surface area contributed by atoms with Crippen LogP contribution >= 0.6 is 23.2 Å². The lowest BCUT2D eigenvalue weighted by atomic mass is 10.1. The molecule has 7 nitrogen and oxygen atoms in total. The van der Waals surface area contributed by atoms with E-state index in [0.29, 0.717) is 40.7 Å². The van der Waals surface area contributed by atoms with Crippen LogP contribution in [0.15, 0.2) is 42.5 Å². The molecule has 36 heavy (non-hydrogen) atoms. The number of unbranched alkanes of at least 4 members (excludes halogenated alkanes) is 1. The normalized spacial score (nSPS) is 12.2. The minimum absolute atomic E-state index is 0.0376. The Bertz CT molecular complexity index is 1140. The van der Waals surface area contributed by atoms with E-state index in [9.17, 15) is 18.0 Å². The van der Waals surface area contributed by atoms with E-state index in [1.165, 1.54) is 4.90 Å². The van der Waals surface area contributed by atoms with Crippen molar-refractivity contribution in [2.24, 2.45) is 0 Å². The fraction of sp³-hybridized carbons (Fsp3) is 0.462. The van der Waals surface area contributed by atoms with Crippen LogP contribution < -0.4 is 9.62 Å². The summed E-state index contributed by atoms with van der Waals surface area (Å²) >= 11 is 12.8. The molecule has 2 amide bonds. The van der Waals surface area contributed by atoms with Crippen LogP contribution in [-0.4, -0.2) is 50.5 Å². The Hall–Kier alpha value is -2.29. The lowest BCUT2D eigenvalue weighted by Crippen LogP contribution is -2.52. The summed E-state index contributed by atoms with van der Waals surface area (Å²) in [6.07, 6.45) is 3.71. The van der Waals surface area contributed by atoms with Crippen LogP contribution in [0.5, 0.6) is 0 Å². The summed E-state index contributed by atoms with van der Waals surface area (Å²) in [7, 11) is -3.81. The monoisotopic (exact) mass is 555 g/mol. The van der Waals surface area contributed by atoms with Crippen molar-refractivity contribution in [2.45, 2.75) is 59.0 Å². The number of anilines is 1. The number of carbonyl (C=O) groups is 2. The number of rotatable bonds is 13. The molecule has 1 unspecified atom stereocenters. The third-order valence-electron chi connectivity index (χ3n) is 5.93. The average Bonchev–Trinajstić information content (AvgIpc) is 2.83. The van der Waals surface area contributed by atoms with Crippen molar-refractivity contribution in [3.63, 3.8) is 0 Å². The molecule has 0 bridgehead atoms. The third kappa shape index (κ3) is 7.85. The number of benzene rings is 2. The first-order chi connectivity index (χ1) is 17.0. The van der Waals surface area contributed by atoms with Crippen molar-refractivity contribution in [3.8, 4) is 0 Å². The molecule has 0 aliphatic rings. The number of aryl methyl sites for hydroxylation is 1. The maximum atomic E-state index is 13.8. The first-order valence-electron chi connectivity index (χ1n) is 12.1. The summed E-state index contributed by atoms with van der Waals surface area (Å²) < 4.78 is 26.7. The molecule has 0 aliphatic carbocycles. The maximum Gasteiger partial charge on any atom is 0.244 e. The van der Waals surface area contributed by atoms with Crippen LogP contribution in [0.4, 0.5) is 5.69 Å². The van der Waals surface area contributed by atoms with Gasteiger partial charge in [-0.1, -0.05) is 74.7 Å². The molecule has 2 aromatic carbocycles. The van der Waals surface area contributed by atoms with Gasteiger partial charge in [0.25, 0.3) is 0 Å². The molecule has 0 spiro atoms. The highest BCUT2D eigenvalue weighted by atomic mass is 35.5. The van der Waals surface area contributed by atoms with Gasteiger partial charge in [0.05, 0.1) is 11.9 Å². The molecule has 0 aliphatic heterocycles. The van der Waals surface area contributed by atoms with Crippen molar-refractivity contribution in [1.29, 1.82) is 0 Å². The summed E-state index contributed by atoms with van der Waals surface area (Å²) in [5.41, 5.74) is 1.72. The summed E-state index contributed by atoms with van der Waals surface area (Å²) in [5.74, 6) is -0.831. The van der Waals surface area contributed by atoms with Crippen LogP contribution in [0.25, 0.3) is 0 Å². The van der Waals surface area contributed by atoms with E-state index in [1.807, 2.05) is 26.0 Å². The Morgan fingerprint density at radius 1 is 1.00 bits per heavy atom. The summed E-state index contributed by atoms with van der Waals surface area (Å²) in [5, 5.41) is 3.61. The van der Waals surface area contributed by atoms with Gasteiger partial charge in [-0.3, -0.25) is 13.9 Å². The van der Waals surface area contributed by atoms with Gasteiger partial charge in [-0.2, -0.15) is 0 Å². The van der Waals surface area contributed by atoms with Crippen molar-refractivity contribution in [2.75, 3.05) is 23.7 Å². The average molecular weight is 557 g/mol. The number of nitrogens with one attached hydrogen (secondary N) is 1. The quantitative estimate of drug-likeness (QED) is 0.350. The molecule has 0 saturated heterocycles. The molecule has 0 heterocycles. The van der Waals surface area contributed by atoms with Crippen LogP contribution in [0, 0.1) is 0 Å². The number of hydrogen-bond acceptors (Lipinski definition) is 4. The highest BCUT2D eigenvalue weighted by Gasteiger charge is 2.32. The van der Waals surface area contributed by atoms with E-state index < -0.39 is 28.5 Å². The molecule has 1 N–H and O–H groups in total. The van der Waals surface area contributed by atoms with Crippen molar-refractivity contribution in [1.82, 2.24) is 10.2 Å².